The van der Waals surface area contributed by atoms with Crippen molar-refractivity contribution in [2.24, 2.45) is 0 Å². The lowest BCUT2D eigenvalue weighted by atomic mass is 10.3. The molecule has 0 spiro atoms. The number of carbonyl (C=O) groups excluding carboxylic acids is 1. The summed E-state index contributed by atoms with van der Waals surface area (Å²) in [5, 5.41) is 0. The Hall–Kier alpha value is -0.256. The largest absolute Gasteiger partial charge is 0.500 e. The van der Waals surface area contributed by atoms with E-state index in [0.717, 1.165) is 32.0 Å². The van der Waals surface area contributed by atoms with Gasteiger partial charge in [-0.15, -0.1) is 0 Å². The fraction of sp³-hybridized carbons (Fsp3) is 0.958. The summed E-state index contributed by atoms with van der Waals surface area (Å²) in [6, 6.07) is 0.841. The van der Waals surface area contributed by atoms with Crippen molar-refractivity contribution in [1.29, 1.82) is 0 Å². The first kappa shape index (κ1) is 31.7. The molecule has 0 aromatic heterocycles. The van der Waals surface area contributed by atoms with Crippen LogP contribution >= 0.6 is 0 Å². The van der Waals surface area contributed by atoms with Crippen LogP contribution in [0.1, 0.15) is 88.5 Å². The van der Waals surface area contributed by atoms with Gasteiger partial charge in [-0.1, -0.05) is 41.5 Å². The van der Waals surface area contributed by atoms with Gasteiger partial charge in [0.25, 0.3) is 0 Å². The molecule has 6 nitrogen and oxygen atoms in total. The Bertz CT molecular complexity index is 464. The highest BCUT2D eigenvalue weighted by atomic mass is 28.4. The molecule has 0 bridgehead atoms. The Morgan fingerprint density at radius 1 is 0.719 bits per heavy atom. The summed E-state index contributed by atoms with van der Waals surface area (Å²) in [5.74, 6) is -0.0906. The summed E-state index contributed by atoms with van der Waals surface area (Å²) in [7, 11) is -4.45. The van der Waals surface area contributed by atoms with Gasteiger partial charge in [0.1, 0.15) is 8.24 Å². The average Bonchev–Trinajstić information content (AvgIpc) is 2.69. The molecule has 0 aromatic carbocycles. The number of rotatable bonds is 19. The summed E-state index contributed by atoms with van der Waals surface area (Å²) >= 11 is 0. The molecule has 32 heavy (non-hydrogen) atoms. The van der Waals surface area contributed by atoms with Crippen molar-refractivity contribution in [3.63, 3.8) is 0 Å². The highest BCUT2D eigenvalue weighted by molar-refractivity contribution is 6.81. The predicted molar refractivity (Wildman–Crippen MR) is 139 cm³/mol. The van der Waals surface area contributed by atoms with Crippen LogP contribution in [-0.2, 0) is 22.8 Å². The zero-order valence-corrected chi connectivity index (χ0v) is 24.8. The smallest absolute Gasteiger partial charge is 0.466 e. The summed E-state index contributed by atoms with van der Waals surface area (Å²) in [4.78, 5) is 12.2. The minimum absolute atomic E-state index is 0.0906. The van der Waals surface area contributed by atoms with Gasteiger partial charge in [-0.2, -0.15) is 0 Å². The number of nitrogens with zero attached hydrogens (tertiary/aromatic N) is 1. The molecule has 0 saturated carbocycles. The van der Waals surface area contributed by atoms with Crippen LogP contribution in [-0.4, -0.2) is 67.1 Å². The number of unbranched alkanes of at least 4 members (excludes halogenated alkanes) is 1. The Balaban J connectivity index is 5.50. The van der Waals surface area contributed by atoms with E-state index in [1.165, 1.54) is 0 Å². The third-order valence-corrected chi connectivity index (χ3v) is 16.7. The third-order valence-electron chi connectivity index (χ3n) is 6.47. The first-order valence-electron chi connectivity index (χ1n) is 12.9. The molecule has 0 heterocycles. The molecule has 0 amide bonds. The maximum absolute atomic E-state index is 12.2. The third kappa shape index (κ3) is 9.18. The molecule has 0 aromatic rings. The van der Waals surface area contributed by atoms with Gasteiger partial charge in [0, 0.05) is 32.4 Å². The molecule has 0 aliphatic rings. The molecule has 0 saturated heterocycles. The van der Waals surface area contributed by atoms with Gasteiger partial charge in [-0.3, -0.25) is 4.79 Å². The highest BCUT2D eigenvalue weighted by Gasteiger charge is 2.48. The van der Waals surface area contributed by atoms with Crippen LogP contribution in [0.15, 0.2) is 0 Å². The van der Waals surface area contributed by atoms with Gasteiger partial charge >= 0.3 is 14.8 Å². The van der Waals surface area contributed by atoms with Gasteiger partial charge in [-0.05, 0) is 63.7 Å². The molecule has 0 aliphatic heterocycles. The zero-order chi connectivity index (χ0) is 24.8. The molecule has 192 valence electrons. The van der Waals surface area contributed by atoms with Crippen molar-refractivity contribution in [2.75, 3.05) is 39.5 Å². The molecule has 0 atom stereocenters. The Kier molecular flexibility index (Phi) is 16.3. The van der Waals surface area contributed by atoms with Gasteiger partial charge in [-0.25, -0.2) is 0 Å². The number of esters is 1. The second kappa shape index (κ2) is 16.4. The van der Waals surface area contributed by atoms with Gasteiger partial charge in [0.2, 0.25) is 0 Å². The van der Waals surface area contributed by atoms with Crippen molar-refractivity contribution < 1.29 is 22.8 Å². The van der Waals surface area contributed by atoms with Crippen LogP contribution in [0.4, 0.5) is 0 Å². The number of hydrogen-bond donors (Lipinski definition) is 0. The lowest BCUT2D eigenvalue weighted by Gasteiger charge is -2.51. The number of hydrogen-bond acceptors (Lipinski definition) is 6. The van der Waals surface area contributed by atoms with Crippen LogP contribution in [0.5, 0.6) is 0 Å². The van der Waals surface area contributed by atoms with E-state index in [0.29, 0.717) is 49.5 Å². The molecule has 0 fully saturated rings. The van der Waals surface area contributed by atoms with E-state index in [9.17, 15) is 4.79 Å². The molecule has 0 radical (unpaired) electrons. The maximum atomic E-state index is 12.2. The fourth-order valence-corrected chi connectivity index (χ4v) is 15.6. The molecule has 0 N–H and O–H groups in total. The first-order valence-corrected chi connectivity index (χ1v) is 17.0. The van der Waals surface area contributed by atoms with E-state index in [2.05, 4.69) is 46.1 Å². The number of ether oxygens (including phenoxy) is 1. The highest BCUT2D eigenvalue weighted by Crippen LogP contribution is 2.44. The second-order valence-electron chi connectivity index (χ2n) is 9.33. The normalized spacial score (nSPS) is 13.1. The van der Waals surface area contributed by atoms with Crippen molar-refractivity contribution in [2.45, 2.75) is 111 Å². The average molecular weight is 492 g/mol. The van der Waals surface area contributed by atoms with Crippen LogP contribution < -0.4 is 0 Å². The van der Waals surface area contributed by atoms with Crippen LogP contribution in [0, 0.1) is 0 Å². The Morgan fingerprint density at radius 3 is 1.56 bits per heavy atom. The van der Waals surface area contributed by atoms with Gasteiger partial charge in [0.05, 0.1) is 13.0 Å². The predicted octanol–water partition coefficient (Wildman–Crippen LogP) is 6.25. The number of carbonyl (C=O) groups is 1. The minimum Gasteiger partial charge on any atom is -0.466 e. The lowest BCUT2D eigenvalue weighted by Crippen LogP contribution is -2.60. The van der Waals surface area contributed by atoms with E-state index >= 15 is 0 Å². The zero-order valence-electron chi connectivity index (χ0n) is 22.8. The molecule has 0 rings (SSSR count). The standard InChI is InChI=1S/C24H53NO5Si2/c1-11-27-24(26)17-19-25(32(21(5)6,22(7)8)23(9)10)18-15-16-20-31(28-12-2,29-13-3)30-14-4/h21-23H,11-20H2,1-10H3. The minimum atomic E-state index is -2.61. The fourth-order valence-electron chi connectivity index (χ4n) is 5.70. The molecular formula is C24H53NO5Si2. The van der Waals surface area contributed by atoms with E-state index < -0.39 is 17.0 Å². The van der Waals surface area contributed by atoms with E-state index in [4.69, 9.17) is 18.0 Å². The molecule has 0 aliphatic carbocycles. The second-order valence-corrected chi connectivity index (χ2v) is 17.9. The van der Waals surface area contributed by atoms with Crippen LogP contribution in [0.2, 0.25) is 22.7 Å². The maximum Gasteiger partial charge on any atom is 0.500 e. The molecule has 8 heteroatoms. The Labute approximate surface area is 201 Å². The van der Waals surface area contributed by atoms with Gasteiger partial charge < -0.3 is 22.6 Å². The van der Waals surface area contributed by atoms with Crippen molar-refractivity contribution in [3.8, 4) is 0 Å². The Morgan fingerprint density at radius 2 is 1.19 bits per heavy atom. The van der Waals surface area contributed by atoms with Gasteiger partial charge in [0.15, 0.2) is 0 Å². The summed E-state index contributed by atoms with van der Waals surface area (Å²) in [5.41, 5.74) is 1.82. The SMILES string of the molecule is CCOC(=O)CCN(CCCC[Si](OCC)(OCC)OCC)[Si](C(C)C)(C(C)C)C(C)C. The van der Waals surface area contributed by atoms with Crippen molar-refractivity contribution in [3.05, 3.63) is 0 Å². The van der Waals surface area contributed by atoms with Crippen molar-refractivity contribution >= 4 is 23.0 Å². The summed E-state index contributed by atoms with van der Waals surface area (Å²) in [6.45, 7) is 26.2. The molecular weight excluding hydrogens is 438 g/mol. The van der Waals surface area contributed by atoms with Crippen LogP contribution in [0.25, 0.3) is 0 Å². The van der Waals surface area contributed by atoms with E-state index in [1.807, 2.05) is 27.7 Å². The van der Waals surface area contributed by atoms with E-state index in [-0.39, 0.29) is 5.97 Å². The van der Waals surface area contributed by atoms with Crippen LogP contribution in [0.3, 0.4) is 0 Å². The topological polar surface area (TPSA) is 57.2 Å². The monoisotopic (exact) mass is 491 g/mol. The summed E-state index contributed by atoms with van der Waals surface area (Å²) < 4.78 is 26.0. The molecule has 0 unspecified atom stereocenters. The van der Waals surface area contributed by atoms with Crippen molar-refractivity contribution in [1.82, 2.24) is 4.57 Å². The summed E-state index contributed by atoms with van der Waals surface area (Å²) in [6.07, 6.45) is 2.51. The van der Waals surface area contributed by atoms with E-state index in [1.54, 1.807) is 0 Å². The quantitative estimate of drug-likeness (QED) is 0.121. The first-order chi connectivity index (χ1) is 15.1. The lowest BCUT2D eigenvalue weighted by molar-refractivity contribution is -0.143.